The summed E-state index contributed by atoms with van der Waals surface area (Å²) in [7, 11) is 0. The molecule has 3 heteroatoms. The average molecular weight is 280 g/mol. The minimum absolute atomic E-state index is 0.315. The molecule has 1 fully saturated rings. The number of piperidine rings is 1. The monoisotopic (exact) mass is 280 g/mol. The van der Waals surface area contributed by atoms with Crippen molar-refractivity contribution in [3.05, 3.63) is 35.0 Å². The normalized spacial score (nSPS) is 28.0. The number of hydrogen-bond donors (Lipinski definition) is 0. The van der Waals surface area contributed by atoms with E-state index >= 15 is 0 Å². The van der Waals surface area contributed by atoms with Gasteiger partial charge in [-0.25, -0.2) is 0 Å². The van der Waals surface area contributed by atoms with Crippen LogP contribution in [0.15, 0.2) is 18.2 Å². The molecule has 1 aromatic carbocycles. The topological polar surface area (TPSA) is 25.2 Å². The van der Waals surface area contributed by atoms with Crippen molar-refractivity contribution in [2.24, 2.45) is 5.92 Å². The highest BCUT2D eigenvalue weighted by atomic mass is 16.2. The average Bonchev–Trinajstić information content (AvgIpc) is 2.81. The quantitative estimate of drug-likeness (QED) is 0.740. The molecule has 108 valence electrons. The molecular formula is C18H20N2O. The van der Waals surface area contributed by atoms with Crippen LogP contribution in [0.5, 0.6) is 0 Å². The molecule has 0 radical (unpaired) electrons. The number of fused-ring (bicyclic) bond motifs is 3. The predicted molar refractivity (Wildman–Crippen MR) is 82.7 cm³/mol. The molecule has 3 aliphatic rings. The lowest BCUT2D eigenvalue weighted by atomic mass is 9.79. The molecule has 4 heterocycles. The van der Waals surface area contributed by atoms with Gasteiger partial charge in [0.05, 0.1) is 11.6 Å². The fraction of sp³-hybridized carbons (Fsp3) is 0.500. The third-order valence-electron chi connectivity index (χ3n) is 5.74. The maximum atomic E-state index is 12.7. The van der Waals surface area contributed by atoms with E-state index in [-0.39, 0.29) is 0 Å². The minimum Gasteiger partial charge on any atom is -0.294 e. The van der Waals surface area contributed by atoms with Crippen molar-refractivity contribution in [1.82, 2.24) is 9.47 Å². The molecule has 0 bridgehead atoms. The molecule has 0 spiro atoms. The molecule has 1 saturated heterocycles. The van der Waals surface area contributed by atoms with Crippen molar-refractivity contribution < 1.29 is 4.79 Å². The van der Waals surface area contributed by atoms with E-state index in [1.54, 1.807) is 0 Å². The summed E-state index contributed by atoms with van der Waals surface area (Å²) < 4.78 is 2.06. The van der Waals surface area contributed by atoms with Crippen molar-refractivity contribution >= 4 is 16.8 Å². The minimum atomic E-state index is 0.315. The summed E-state index contributed by atoms with van der Waals surface area (Å²) >= 11 is 0. The van der Waals surface area contributed by atoms with Crippen LogP contribution in [-0.4, -0.2) is 28.5 Å². The summed E-state index contributed by atoms with van der Waals surface area (Å²) in [5.74, 6) is 0.860. The maximum Gasteiger partial charge on any atom is 0.231 e. The third-order valence-corrected chi connectivity index (χ3v) is 5.74. The highest BCUT2D eigenvalue weighted by Gasteiger charge is 2.44. The van der Waals surface area contributed by atoms with Gasteiger partial charge in [-0.05, 0) is 56.3 Å². The van der Waals surface area contributed by atoms with Gasteiger partial charge >= 0.3 is 0 Å². The molecule has 3 aliphatic heterocycles. The largest absolute Gasteiger partial charge is 0.294 e. The Kier molecular flexibility index (Phi) is 2.27. The molecule has 2 aromatic rings. The second kappa shape index (κ2) is 3.98. The Hall–Kier alpha value is -1.61. The number of hydrogen-bond acceptors (Lipinski definition) is 2. The van der Waals surface area contributed by atoms with E-state index in [4.69, 9.17) is 0 Å². The van der Waals surface area contributed by atoms with E-state index in [9.17, 15) is 4.79 Å². The Bertz CT molecular complexity index is 773. The molecule has 0 aliphatic carbocycles. The number of aromatic nitrogens is 1. The fourth-order valence-electron chi connectivity index (χ4n) is 4.91. The molecule has 2 atom stereocenters. The highest BCUT2D eigenvalue weighted by molar-refractivity contribution is 5.97. The first-order chi connectivity index (χ1) is 10.2. The molecule has 0 amide bonds. The van der Waals surface area contributed by atoms with Crippen LogP contribution >= 0.6 is 0 Å². The summed E-state index contributed by atoms with van der Waals surface area (Å²) in [5, 5.41) is 1.32. The number of aryl methyl sites for hydroxylation is 1. The summed E-state index contributed by atoms with van der Waals surface area (Å²) in [6.45, 7) is 4.51. The maximum absolute atomic E-state index is 12.7. The van der Waals surface area contributed by atoms with Gasteiger partial charge < -0.3 is 0 Å². The van der Waals surface area contributed by atoms with Crippen molar-refractivity contribution in [3.8, 4) is 0 Å². The zero-order chi connectivity index (χ0) is 14.1. The van der Waals surface area contributed by atoms with Crippen molar-refractivity contribution in [3.63, 3.8) is 0 Å². The van der Waals surface area contributed by atoms with Gasteiger partial charge in [-0.3, -0.25) is 14.3 Å². The van der Waals surface area contributed by atoms with Crippen LogP contribution in [0.25, 0.3) is 10.9 Å². The van der Waals surface area contributed by atoms with Gasteiger partial charge in [-0.2, -0.15) is 0 Å². The summed E-state index contributed by atoms with van der Waals surface area (Å²) in [6, 6.07) is 7.05. The van der Waals surface area contributed by atoms with Gasteiger partial charge in [-0.15, -0.1) is 0 Å². The molecular weight excluding hydrogens is 260 g/mol. The summed E-state index contributed by atoms with van der Waals surface area (Å²) in [6.07, 6.45) is 4.29. The summed E-state index contributed by atoms with van der Waals surface area (Å²) in [4.78, 5) is 15.4. The molecule has 0 unspecified atom stereocenters. The van der Waals surface area contributed by atoms with E-state index in [2.05, 4.69) is 34.6 Å². The van der Waals surface area contributed by atoms with E-state index < -0.39 is 0 Å². The van der Waals surface area contributed by atoms with Crippen LogP contribution in [0.2, 0.25) is 0 Å². The third kappa shape index (κ3) is 1.45. The fourth-order valence-corrected chi connectivity index (χ4v) is 4.91. The molecule has 0 N–H and O–H groups in total. The number of nitrogens with zero attached hydrogens (tertiary/aromatic N) is 2. The van der Waals surface area contributed by atoms with Crippen LogP contribution in [0.4, 0.5) is 0 Å². The van der Waals surface area contributed by atoms with Crippen molar-refractivity contribution in [2.75, 3.05) is 13.1 Å². The first-order valence-corrected chi connectivity index (χ1v) is 8.15. The van der Waals surface area contributed by atoms with Gasteiger partial charge in [0, 0.05) is 24.0 Å². The van der Waals surface area contributed by atoms with E-state index in [1.807, 2.05) is 0 Å². The lowest BCUT2D eigenvalue weighted by Crippen LogP contribution is -2.47. The highest BCUT2D eigenvalue weighted by Crippen LogP contribution is 2.48. The Morgan fingerprint density at radius 3 is 3.05 bits per heavy atom. The van der Waals surface area contributed by atoms with Gasteiger partial charge in [0.2, 0.25) is 5.91 Å². The van der Waals surface area contributed by atoms with Crippen LogP contribution in [-0.2, 0) is 6.42 Å². The second-order valence-electron chi connectivity index (χ2n) is 6.95. The standard InChI is InChI=1S/C18H20N2O/c1-11-4-5-15-14(9-11)13-6-8-19-7-2-3-12-10-16(21)20(15)18(13)17(12)19/h4-5,9,12,17H,2-3,6-8,10H2,1H3/t12-,17-/m1/s1. The number of benzene rings is 1. The van der Waals surface area contributed by atoms with Crippen molar-refractivity contribution in [2.45, 2.75) is 38.6 Å². The Morgan fingerprint density at radius 2 is 2.14 bits per heavy atom. The Labute approximate surface area is 124 Å². The van der Waals surface area contributed by atoms with Gasteiger partial charge in [0.25, 0.3) is 0 Å². The molecule has 5 rings (SSSR count). The molecule has 1 aromatic heterocycles. The zero-order valence-corrected chi connectivity index (χ0v) is 12.4. The van der Waals surface area contributed by atoms with Crippen LogP contribution in [0.1, 0.15) is 46.9 Å². The number of carbonyl (C=O) groups excluding carboxylic acids is 1. The first kappa shape index (κ1) is 12.0. The van der Waals surface area contributed by atoms with Crippen LogP contribution in [0.3, 0.4) is 0 Å². The van der Waals surface area contributed by atoms with Crippen LogP contribution < -0.4 is 0 Å². The van der Waals surface area contributed by atoms with E-state index in [0.29, 0.717) is 17.9 Å². The predicted octanol–water partition coefficient (Wildman–Crippen LogP) is 3.30. The smallest absolute Gasteiger partial charge is 0.231 e. The summed E-state index contributed by atoms with van der Waals surface area (Å²) in [5.41, 5.74) is 5.22. The molecule has 0 saturated carbocycles. The van der Waals surface area contributed by atoms with Crippen molar-refractivity contribution in [1.29, 1.82) is 0 Å². The van der Waals surface area contributed by atoms with Gasteiger partial charge in [-0.1, -0.05) is 11.6 Å². The lowest BCUT2D eigenvalue weighted by molar-refractivity contribution is 0.0478. The second-order valence-corrected chi connectivity index (χ2v) is 6.95. The molecule has 3 nitrogen and oxygen atoms in total. The molecule has 21 heavy (non-hydrogen) atoms. The zero-order valence-electron chi connectivity index (χ0n) is 12.4. The van der Waals surface area contributed by atoms with Gasteiger partial charge in [0.15, 0.2) is 0 Å². The first-order valence-electron chi connectivity index (χ1n) is 8.15. The van der Waals surface area contributed by atoms with E-state index in [1.165, 1.54) is 41.6 Å². The number of rotatable bonds is 0. The Morgan fingerprint density at radius 1 is 1.24 bits per heavy atom. The van der Waals surface area contributed by atoms with Crippen LogP contribution in [0, 0.1) is 12.8 Å². The van der Waals surface area contributed by atoms with E-state index in [0.717, 1.165) is 24.9 Å². The SMILES string of the molecule is Cc1ccc2c(c1)c1c3n2C(=O)C[C@H]2CCCN(CC1)[C@@H]32. The number of carbonyl (C=O) groups is 1. The Balaban J connectivity index is 1.87. The lowest BCUT2D eigenvalue weighted by Gasteiger charge is -2.46. The van der Waals surface area contributed by atoms with Gasteiger partial charge in [0.1, 0.15) is 0 Å².